The van der Waals surface area contributed by atoms with Gasteiger partial charge in [0.15, 0.2) is 3.95 Å². The third kappa shape index (κ3) is 3.64. The van der Waals surface area contributed by atoms with E-state index in [9.17, 15) is 4.79 Å². The highest BCUT2D eigenvalue weighted by molar-refractivity contribution is 7.73. The summed E-state index contributed by atoms with van der Waals surface area (Å²) in [4.78, 5) is 16.0. The fraction of sp³-hybridized carbons (Fsp3) is 0.692. The molecule has 106 valence electrons. The lowest BCUT2D eigenvalue weighted by Gasteiger charge is -2.41. The molecule has 0 aliphatic heterocycles. The number of aryl methyl sites for hydroxylation is 1. The molecular weight excluding hydrogens is 280 g/mol. The van der Waals surface area contributed by atoms with Crippen molar-refractivity contribution < 1.29 is 9.90 Å². The lowest BCUT2D eigenvalue weighted by Crippen LogP contribution is -2.43. The molecule has 1 aromatic heterocycles. The van der Waals surface area contributed by atoms with Crippen molar-refractivity contribution in [2.45, 2.75) is 39.0 Å². The van der Waals surface area contributed by atoms with Gasteiger partial charge in [0.25, 0.3) is 0 Å². The summed E-state index contributed by atoms with van der Waals surface area (Å²) in [6, 6.07) is 0. The van der Waals surface area contributed by atoms with Gasteiger partial charge in [-0.25, -0.2) is 0 Å². The third-order valence-corrected chi connectivity index (χ3v) is 5.30. The molecule has 1 amide bonds. The van der Waals surface area contributed by atoms with Crippen molar-refractivity contribution in [2.75, 3.05) is 13.2 Å². The van der Waals surface area contributed by atoms with Gasteiger partial charge < -0.3 is 15.4 Å². The molecule has 2 rings (SSSR count). The van der Waals surface area contributed by atoms with E-state index in [1.165, 1.54) is 17.8 Å². The molecule has 0 atom stereocenters. The fourth-order valence-corrected chi connectivity index (χ4v) is 3.82. The van der Waals surface area contributed by atoms with Gasteiger partial charge in [0.05, 0.1) is 6.42 Å². The van der Waals surface area contributed by atoms with Gasteiger partial charge in [-0.15, -0.1) is 11.3 Å². The van der Waals surface area contributed by atoms with Gasteiger partial charge in [-0.2, -0.15) is 0 Å². The van der Waals surface area contributed by atoms with Crippen molar-refractivity contribution in [2.24, 2.45) is 5.41 Å². The molecule has 1 saturated carbocycles. The van der Waals surface area contributed by atoms with Gasteiger partial charge >= 0.3 is 0 Å². The third-order valence-electron chi connectivity index (χ3n) is 3.96. The molecule has 1 fully saturated rings. The van der Waals surface area contributed by atoms with E-state index < -0.39 is 0 Å². The lowest BCUT2D eigenvalue weighted by atomic mass is 9.67. The minimum atomic E-state index is 0.0394. The number of nitrogens with one attached hydrogen (secondary N) is 2. The zero-order valence-electron chi connectivity index (χ0n) is 11.1. The standard InChI is InChI=1S/C13H20N2O2S2/c1-9-10(19-12(18)15-9)7-11(17)14-8-13(5-6-16)3-2-4-13/h16H,2-8H2,1H3,(H,14,17)(H,15,18). The second kappa shape index (κ2) is 6.15. The molecule has 1 heterocycles. The molecule has 0 spiro atoms. The Morgan fingerprint density at radius 1 is 1.58 bits per heavy atom. The Kier molecular flexibility index (Phi) is 4.76. The Morgan fingerprint density at radius 2 is 2.32 bits per heavy atom. The van der Waals surface area contributed by atoms with E-state index in [0.29, 0.717) is 13.0 Å². The van der Waals surface area contributed by atoms with Crippen LogP contribution in [0, 0.1) is 16.3 Å². The van der Waals surface area contributed by atoms with Crippen LogP contribution in [-0.4, -0.2) is 29.1 Å². The number of amides is 1. The molecule has 1 aliphatic carbocycles. The van der Waals surface area contributed by atoms with E-state index in [1.807, 2.05) is 6.92 Å². The van der Waals surface area contributed by atoms with Crippen LogP contribution in [0.4, 0.5) is 0 Å². The number of carbonyl (C=O) groups is 1. The summed E-state index contributed by atoms with van der Waals surface area (Å²) in [5, 5.41) is 12.1. The zero-order chi connectivity index (χ0) is 13.9. The average molecular weight is 300 g/mol. The van der Waals surface area contributed by atoms with Crippen LogP contribution >= 0.6 is 23.6 Å². The lowest BCUT2D eigenvalue weighted by molar-refractivity contribution is -0.121. The number of H-pyrrole nitrogens is 1. The number of hydrogen-bond acceptors (Lipinski definition) is 4. The molecule has 3 N–H and O–H groups in total. The van der Waals surface area contributed by atoms with Crippen molar-refractivity contribution in [3.8, 4) is 0 Å². The molecule has 0 bridgehead atoms. The van der Waals surface area contributed by atoms with E-state index >= 15 is 0 Å². The molecule has 0 unspecified atom stereocenters. The average Bonchev–Trinajstić information content (AvgIpc) is 2.61. The molecule has 0 aromatic carbocycles. The van der Waals surface area contributed by atoms with Gasteiger partial charge in [-0.1, -0.05) is 6.42 Å². The molecule has 1 aromatic rings. The molecule has 0 radical (unpaired) electrons. The molecule has 19 heavy (non-hydrogen) atoms. The summed E-state index contributed by atoms with van der Waals surface area (Å²) in [7, 11) is 0. The first-order valence-electron chi connectivity index (χ1n) is 6.61. The van der Waals surface area contributed by atoms with E-state index in [-0.39, 0.29) is 17.9 Å². The van der Waals surface area contributed by atoms with Crippen LogP contribution < -0.4 is 5.32 Å². The largest absolute Gasteiger partial charge is 0.396 e. The van der Waals surface area contributed by atoms with Gasteiger partial charge in [-0.3, -0.25) is 4.79 Å². The van der Waals surface area contributed by atoms with Crippen LogP contribution in [-0.2, 0) is 11.2 Å². The number of aliphatic hydroxyl groups is 1. The smallest absolute Gasteiger partial charge is 0.225 e. The van der Waals surface area contributed by atoms with Crippen molar-refractivity contribution >= 4 is 29.5 Å². The van der Waals surface area contributed by atoms with E-state index in [0.717, 1.165) is 33.8 Å². The second-order valence-corrected chi connectivity index (χ2v) is 7.12. The summed E-state index contributed by atoms with van der Waals surface area (Å²) < 4.78 is 0.719. The van der Waals surface area contributed by atoms with Crippen molar-refractivity contribution in [1.82, 2.24) is 10.3 Å². The number of aromatic amines is 1. The van der Waals surface area contributed by atoms with Gasteiger partial charge in [-0.05, 0) is 43.8 Å². The highest BCUT2D eigenvalue weighted by atomic mass is 32.1. The van der Waals surface area contributed by atoms with Crippen LogP contribution in [0.1, 0.15) is 36.3 Å². The maximum Gasteiger partial charge on any atom is 0.225 e. The predicted molar refractivity (Wildman–Crippen MR) is 78.9 cm³/mol. The normalized spacial score (nSPS) is 16.9. The quantitative estimate of drug-likeness (QED) is 0.706. The summed E-state index contributed by atoms with van der Waals surface area (Å²) in [6.45, 7) is 2.82. The molecule has 4 nitrogen and oxygen atoms in total. The highest BCUT2D eigenvalue weighted by Gasteiger charge is 2.36. The van der Waals surface area contributed by atoms with E-state index in [2.05, 4.69) is 10.3 Å². The topological polar surface area (TPSA) is 65.1 Å². The Bertz CT molecular complexity index is 503. The SMILES string of the molecule is Cc1[nH]c(=S)sc1CC(=O)NCC1(CCO)CCC1. The van der Waals surface area contributed by atoms with E-state index in [1.54, 1.807) is 0 Å². The number of thiazole rings is 1. The number of carbonyl (C=O) groups excluding carboxylic acids is 1. The minimum absolute atomic E-state index is 0.0394. The predicted octanol–water partition coefficient (Wildman–Crippen LogP) is 2.33. The van der Waals surface area contributed by atoms with Crippen LogP contribution in [0.25, 0.3) is 0 Å². The van der Waals surface area contributed by atoms with Crippen molar-refractivity contribution in [3.63, 3.8) is 0 Å². The first-order chi connectivity index (χ1) is 9.04. The maximum atomic E-state index is 12.0. The first kappa shape index (κ1) is 14.7. The molecule has 6 heteroatoms. The Balaban J connectivity index is 1.84. The molecule has 1 aliphatic rings. The van der Waals surface area contributed by atoms with Gasteiger partial charge in [0.1, 0.15) is 0 Å². The Morgan fingerprint density at radius 3 is 2.79 bits per heavy atom. The van der Waals surface area contributed by atoms with Gasteiger partial charge in [0.2, 0.25) is 5.91 Å². The Hall–Kier alpha value is -0.720. The zero-order valence-corrected chi connectivity index (χ0v) is 12.8. The second-order valence-electron chi connectivity index (χ2n) is 5.34. The molecule has 0 saturated heterocycles. The summed E-state index contributed by atoms with van der Waals surface area (Å²) in [5.41, 5.74) is 1.13. The number of hydrogen-bond donors (Lipinski definition) is 3. The first-order valence-corrected chi connectivity index (χ1v) is 7.83. The summed E-state index contributed by atoms with van der Waals surface area (Å²) in [6.07, 6.45) is 4.59. The monoisotopic (exact) mass is 300 g/mol. The Labute approximate surface area is 122 Å². The van der Waals surface area contributed by atoms with Crippen LogP contribution in [0.5, 0.6) is 0 Å². The van der Waals surface area contributed by atoms with Gasteiger partial charge in [0, 0.05) is 23.7 Å². The number of aromatic nitrogens is 1. The summed E-state index contributed by atoms with van der Waals surface area (Å²) >= 11 is 6.53. The highest BCUT2D eigenvalue weighted by Crippen LogP contribution is 2.43. The van der Waals surface area contributed by atoms with Crippen molar-refractivity contribution in [3.05, 3.63) is 14.5 Å². The van der Waals surface area contributed by atoms with Crippen LogP contribution in [0.3, 0.4) is 0 Å². The van der Waals surface area contributed by atoms with Crippen LogP contribution in [0.15, 0.2) is 0 Å². The maximum absolute atomic E-state index is 12.0. The van der Waals surface area contributed by atoms with Crippen molar-refractivity contribution in [1.29, 1.82) is 0 Å². The minimum Gasteiger partial charge on any atom is -0.396 e. The van der Waals surface area contributed by atoms with E-state index in [4.69, 9.17) is 17.3 Å². The summed E-state index contributed by atoms with van der Waals surface area (Å²) in [5.74, 6) is 0.0394. The molecular formula is C13H20N2O2S2. The number of rotatable bonds is 6. The number of aliphatic hydroxyl groups excluding tert-OH is 1. The van der Waals surface area contributed by atoms with Crippen LogP contribution in [0.2, 0.25) is 0 Å². The fourth-order valence-electron chi connectivity index (χ4n) is 2.53.